The van der Waals surface area contributed by atoms with Gasteiger partial charge in [-0.05, 0) is 36.5 Å². The molecule has 0 aliphatic carbocycles. The molecule has 0 unspecified atom stereocenters. The summed E-state index contributed by atoms with van der Waals surface area (Å²) in [6.07, 6.45) is 0.641. The Morgan fingerprint density at radius 3 is 2.40 bits per heavy atom. The van der Waals surface area contributed by atoms with Gasteiger partial charge in [0.2, 0.25) is 0 Å². The summed E-state index contributed by atoms with van der Waals surface area (Å²) in [5.41, 5.74) is 2.81. The van der Waals surface area contributed by atoms with Crippen molar-refractivity contribution in [2.75, 3.05) is 40.3 Å². The fourth-order valence-electron chi connectivity index (χ4n) is 2.96. The van der Waals surface area contributed by atoms with E-state index in [9.17, 15) is 13.2 Å². The van der Waals surface area contributed by atoms with E-state index in [1.54, 1.807) is 4.90 Å². The summed E-state index contributed by atoms with van der Waals surface area (Å²) < 4.78 is 27.3. The van der Waals surface area contributed by atoms with E-state index in [1.165, 1.54) is 22.7 Å². The van der Waals surface area contributed by atoms with Crippen molar-refractivity contribution in [2.45, 2.75) is 33.1 Å². The van der Waals surface area contributed by atoms with Crippen molar-refractivity contribution in [3.8, 4) is 0 Å². The fraction of sp³-hybridized carbons (Fsp3) is 0.611. The van der Waals surface area contributed by atoms with Crippen molar-refractivity contribution in [3.63, 3.8) is 0 Å². The second-order valence-corrected chi connectivity index (χ2v) is 9.21. The first-order valence-electron chi connectivity index (χ1n) is 8.72. The van der Waals surface area contributed by atoms with Crippen LogP contribution < -0.4 is 0 Å². The fourth-order valence-corrected chi connectivity index (χ4v) is 4.09. The summed E-state index contributed by atoms with van der Waals surface area (Å²) in [6, 6.07) is 6.02. The van der Waals surface area contributed by atoms with Crippen LogP contribution in [0.3, 0.4) is 0 Å². The molecule has 0 spiro atoms. The number of amides is 1. The molecule has 140 valence electrons. The second-order valence-electron chi connectivity index (χ2n) is 7.06. The maximum Gasteiger partial charge on any atom is 0.281 e. The van der Waals surface area contributed by atoms with Crippen LogP contribution in [0.25, 0.3) is 0 Å². The van der Waals surface area contributed by atoms with Crippen molar-refractivity contribution < 1.29 is 13.2 Å². The summed E-state index contributed by atoms with van der Waals surface area (Å²) in [6.45, 7) is 7.91. The molecular weight excluding hydrogens is 338 g/mol. The molecule has 0 N–H and O–H groups in total. The van der Waals surface area contributed by atoms with E-state index in [-0.39, 0.29) is 5.91 Å². The number of benzene rings is 1. The molecular formula is C18H29N3O3S. The maximum atomic E-state index is 13.0. The van der Waals surface area contributed by atoms with Gasteiger partial charge in [-0.1, -0.05) is 26.0 Å². The summed E-state index contributed by atoms with van der Waals surface area (Å²) >= 11 is 0. The lowest BCUT2D eigenvalue weighted by Gasteiger charge is -2.24. The number of aryl methyl sites for hydroxylation is 1. The summed E-state index contributed by atoms with van der Waals surface area (Å²) in [4.78, 5) is 14.8. The number of nitrogens with zero attached hydrogens (tertiary/aromatic N) is 3. The summed E-state index contributed by atoms with van der Waals surface area (Å²) in [5, 5.41) is 0. The highest BCUT2D eigenvalue weighted by Gasteiger charge is 2.29. The van der Waals surface area contributed by atoms with Gasteiger partial charge < -0.3 is 4.90 Å². The minimum Gasteiger partial charge on any atom is -0.337 e. The Bertz CT molecular complexity index is 729. The second kappa shape index (κ2) is 7.85. The largest absolute Gasteiger partial charge is 0.337 e. The molecule has 1 aromatic carbocycles. The van der Waals surface area contributed by atoms with E-state index in [1.807, 2.05) is 19.1 Å². The van der Waals surface area contributed by atoms with Crippen LogP contribution in [0.15, 0.2) is 18.2 Å². The maximum absolute atomic E-state index is 13.0. The van der Waals surface area contributed by atoms with E-state index >= 15 is 0 Å². The average molecular weight is 368 g/mol. The molecule has 7 heteroatoms. The van der Waals surface area contributed by atoms with Crippen molar-refractivity contribution >= 4 is 16.1 Å². The summed E-state index contributed by atoms with van der Waals surface area (Å²) in [7, 11) is -0.371. The molecule has 2 rings (SSSR count). The van der Waals surface area contributed by atoms with Gasteiger partial charge in [0.25, 0.3) is 16.1 Å². The number of carbonyl (C=O) groups is 1. The number of rotatable bonds is 4. The van der Waals surface area contributed by atoms with Crippen LogP contribution in [-0.4, -0.2) is 68.1 Å². The lowest BCUT2D eigenvalue weighted by Crippen LogP contribution is -2.42. The Morgan fingerprint density at radius 2 is 1.80 bits per heavy atom. The van der Waals surface area contributed by atoms with E-state index in [0.717, 1.165) is 16.7 Å². The van der Waals surface area contributed by atoms with E-state index in [4.69, 9.17) is 0 Å². The van der Waals surface area contributed by atoms with Crippen LogP contribution in [0.4, 0.5) is 0 Å². The Balaban J connectivity index is 2.18. The third-order valence-corrected chi connectivity index (χ3v) is 6.63. The van der Waals surface area contributed by atoms with E-state index in [0.29, 0.717) is 38.5 Å². The van der Waals surface area contributed by atoms with Crippen LogP contribution in [0.1, 0.15) is 47.7 Å². The van der Waals surface area contributed by atoms with Crippen LogP contribution in [0.5, 0.6) is 0 Å². The lowest BCUT2D eigenvalue weighted by molar-refractivity contribution is 0.0763. The van der Waals surface area contributed by atoms with Gasteiger partial charge in [0.1, 0.15) is 0 Å². The van der Waals surface area contributed by atoms with Gasteiger partial charge >= 0.3 is 0 Å². The molecule has 1 fully saturated rings. The Labute approximate surface area is 151 Å². The molecule has 1 aliphatic rings. The topological polar surface area (TPSA) is 60.9 Å². The minimum atomic E-state index is -3.43. The van der Waals surface area contributed by atoms with Crippen molar-refractivity contribution in [1.82, 2.24) is 13.5 Å². The van der Waals surface area contributed by atoms with Crippen molar-refractivity contribution in [3.05, 3.63) is 34.9 Å². The van der Waals surface area contributed by atoms with Crippen molar-refractivity contribution in [1.29, 1.82) is 0 Å². The molecule has 6 nitrogen and oxygen atoms in total. The predicted molar refractivity (Wildman–Crippen MR) is 100.0 cm³/mol. The molecule has 1 heterocycles. The summed E-state index contributed by atoms with van der Waals surface area (Å²) in [5.74, 6) is 0.348. The molecule has 1 aliphatic heterocycles. The number of hydrogen-bond donors (Lipinski definition) is 0. The van der Waals surface area contributed by atoms with Gasteiger partial charge in [0.15, 0.2) is 0 Å². The van der Waals surface area contributed by atoms with Gasteiger partial charge in [0, 0.05) is 45.8 Å². The molecule has 0 atom stereocenters. The Kier molecular flexibility index (Phi) is 6.24. The molecule has 25 heavy (non-hydrogen) atoms. The van der Waals surface area contributed by atoms with Crippen LogP contribution in [0.2, 0.25) is 0 Å². The quantitative estimate of drug-likeness (QED) is 0.818. The standard InChI is InChI=1S/C18H29N3O3S/c1-14(2)16-8-7-15(3)17(13-16)18(22)20-9-6-10-21(12-11-20)25(23,24)19(4)5/h7-8,13-14H,6,9-12H2,1-5H3. The highest BCUT2D eigenvalue weighted by molar-refractivity contribution is 7.86. The van der Waals surface area contributed by atoms with E-state index in [2.05, 4.69) is 19.9 Å². The molecule has 0 radical (unpaired) electrons. The predicted octanol–water partition coefficient (Wildman–Crippen LogP) is 2.07. The third-order valence-electron chi connectivity index (χ3n) is 4.69. The molecule has 0 aromatic heterocycles. The zero-order valence-electron chi connectivity index (χ0n) is 15.8. The first-order valence-corrected chi connectivity index (χ1v) is 10.1. The Morgan fingerprint density at radius 1 is 1.12 bits per heavy atom. The molecule has 0 saturated carbocycles. The van der Waals surface area contributed by atoms with E-state index < -0.39 is 10.2 Å². The smallest absolute Gasteiger partial charge is 0.281 e. The normalized spacial score (nSPS) is 17.2. The molecule has 1 amide bonds. The monoisotopic (exact) mass is 367 g/mol. The zero-order valence-corrected chi connectivity index (χ0v) is 16.6. The van der Waals surface area contributed by atoms with Gasteiger partial charge in [-0.25, -0.2) is 0 Å². The Hall–Kier alpha value is -1.44. The van der Waals surface area contributed by atoms with Gasteiger partial charge in [0.05, 0.1) is 0 Å². The van der Waals surface area contributed by atoms with Crippen LogP contribution in [0, 0.1) is 6.92 Å². The lowest BCUT2D eigenvalue weighted by atomic mass is 9.97. The zero-order chi connectivity index (χ0) is 18.8. The molecule has 1 aromatic rings. The van der Waals surface area contributed by atoms with Crippen LogP contribution >= 0.6 is 0 Å². The minimum absolute atomic E-state index is 0.0101. The number of carbonyl (C=O) groups excluding carboxylic acids is 1. The van der Waals surface area contributed by atoms with Gasteiger partial charge in [-0.2, -0.15) is 17.0 Å². The number of hydrogen-bond acceptors (Lipinski definition) is 3. The first kappa shape index (κ1) is 19.9. The first-order chi connectivity index (χ1) is 11.6. The van der Waals surface area contributed by atoms with Gasteiger partial charge in [-0.15, -0.1) is 0 Å². The molecule has 0 bridgehead atoms. The van der Waals surface area contributed by atoms with Gasteiger partial charge in [-0.3, -0.25) is 4.79 Å². The third kappa shape index (κ3) is 4.40. The van der Waals surface area contributed by atoms with Crippen molar-refractivity contribution in [2.24, 2.45) is 0 Å². The SMILES string of the molecule is Cc1ccc(C(C)C)cc1C(=O)N1CCCN(S(=O)(=O)N(C)C)CC1. The highest BCUT2D eigenvalue weighted by atomic mass is 32.2. The average Bonchev–Trinajstić information content (AvgIpc) is 2.80. The van der Waals surface area contributed by atoms with Crippen LogP contribution in [-0.2, 0) is 10.2 Å². The molecule has 1 saturated heterocycles. The highest BCUT2D eigenvalue weighted by Crippen LogP contribution is 2.21.